The van der Waals surface area contributed by atoms with Gasteiger partial charge in [0, 0.05) is 48.5 Å². The molecule has 1 saturated heterocycles. The minimum absolute atomic E-state index is 0.307. The van der Waals surface area contributed by atoms with Gasteiger partial charge in [0.15, 0.2) is 6.29 Å². The Morgan fingerprint density at radius 3 is 2.60 bits per heavy atom. The fourth-order valence-electron chi connectivity index (χ4n) is 3.00. The second-order valence-corrected chi connectivity index (χ2v) is 7.44. The van der Waals surface area contributed by atoms with Crippen LogP contribution in [0.5, 0.6) is 0 Å². The minimum Gasteiger partial charge on any atom is -0.381 e. The number of hydrogen-bond donors (Lipinski definition) is 0. The van der Waals surface area contributed by atoms with Gasteiger partial charge in [0.2, 0.25) is 0 Å². The van der Waals surface area contributed by atoms with E-state index < -0.39 is 5.60 Å². The van der Waals surface area contributed by atoms with Gasteiger partial charge in [-0.15, -0.1) is 0 Å². The van der Waals surface area contributed by atoms with E-state index in [0.717, 1.165) is 15.4 Å². The van der Waals surface area contributed by atoms with Crippen molar-refractivity contribution in [2.45, 2.75) is 28.2 Å². The molecule has 0 unspecified atom stereocenters. The molecule has 25 heavy (non-hydrogen) atoms. The highest BCUT2D eigenvalue weighted by Crippen LogP contribution is 2.39. The zero-order valence-electron chi connectivity index (χ0n) is 13.8. The highest BCUT2D eigenvalue weighted by atomic mass is 35.5. The van der Waals surface area contributed by atoms with Gasteiger partial charge in [-0.25, -0.2) is 4.39 Å². The van der Waals surface area contributed by atoms with E-state index >= 15 is 0 Å². The fourth-order valence-corrected chi connectivity index (χ4v) is 4.23. The maximum Gasteiger partial charge on any atom is 0.151 e. The minimum atomic E-state index is -0.519. The number of hydrogen-bond acceptors (Lipinski definition) is 4. The van der Waals surface area contributed by atoms with E-state index in [-0.39, 0.29) is 5.82 Å². The molecule has 0 N–H and O–H groups in total. The molecule has 2 aromatic carbocycles. The SMILES string of the molecule is COC1(c2cc(F)cc(Sc3ccc(C=O)c(Cl)c3)c2)CCOCC1. The van der Waals surface area contributed by atoms with Crippen LogP contribution in [0, 0.1) is 5.82 Å². The first-order valence-electron chi connectivity index (χ1n) is 7.93. The van der Waals surface area contributed by atoms with E-state index in [4.69, 9.17) is 21.1 Å². The van der Waals surface area contributed by atoms with Crippen molar-refractivity contribution in [3.63, 3.8) is 0 Å². The Labute approximate surface area is 155 Å². The molecule has 1 aliphatic rings. The van der Waals surface area contributed by atoms with Crippen LogP contribution in [0.25, 0.3) is 0 Å². The molecular formula is C19H18ClFO3S. The van der Waals surface area contributed by atoms with Crippen LogP contribution in [0.15, 0.2) is 46.2 Å². The molecule has 0 amide bonds. The molecule has 3 nitrogen and oxygen atoms in total. The van der Waals surface area contributed by atoms with Gasteiger partial charge < -0.3 is 9.47 Å². The third kappa shape index (κ3) is 4.06. The van der Waals surface area contributed by atoms with Crippen molar-refractivity contribution in [3.8, 4) is 0 Å². The van der Waals surface area contributed by atoms with Crippen LogP contribution in [0.3, 0.4) is 0 Å². The van der Waals surface area contributed by atoms with Crippen LogP contribution in [0.4, 0.5) is 4.39 Å². The lowest BCUT2D eigenvalue weighted by atomic mass is 9.86. The second kappa shape index (κ2) is 7.87. The molecule has 1 fully saturated rings. The van der Waals surface area contributed by atoms with Gasteiger partial charge in [0.1, 0.15) is 5.82 Å². The number of ether oxygens (including phenoxy) is 2. The normalized spacial score (nSPS) is 16.6. The molecule has 0 saturated carbocycles. The Bertz CT molecular complexity index is 775. The number of halogens is 2. The zero-order valence-corrected chi connectivity index (χ0v) is 15.3. The van der Waals surface area contributed by atoms with Crippen LogP contribution < -0.4 is 0 Å². The molecule has 1 aliphatic heterocycles. The summed E-state index contributed by atoms with van der Waals surface area (Å²) in [6, 6.07) is 10.1. The van der Waals surface area contributed by atoms with Gasteiger partial charge in [0.05, 0.1) is 10.6 Å². The summed E-state index contributed by atoms with van der Waals surface area (Å²) in [5, 5.41) is 0.384. The van der Waals surface area contributed by atoms with Crippen LogP contribution in [-0.4, -0.2) is 26.6 Å². The lowest BCUT2D eigenvalue weighted by molar-refractivity contribution is -0.0950. The van der Waals surface area contributed by atoms with Gasteiger partial charge in [-0.05, 0) is 42.0 Å². The molecule has 132 valence electrons. The van der Waals surface area contributed by atoms with Gasteiger partial charge in [-0.2, -0.15) is 0 Å². The second-order valence-electron chi connectivity index (χ2n) is 5.89. The summed E-state index contributed by atoms with van der Waals surface area (Å²) in [5.74, 6) is -0.307. The fraction of sp³-hybridized carbons (Fsp3) is 0.316. The Hall–Kier alpha value is -1.40. The number of benzene rings is 2. The molecule has 6 heteroatoms. The predicted molar refractivity (Wildman–Crippen MR) is 96.1 cm³/mol. The van der Waals surface area contributed by atoms with Gasteiger partial charge in [0.25, 0.3) is 0 Å². The molecule has 0 bridgehead atoms. The summed E-state index contributed by atoms with van der Waals surface area (Å²) in [5.41, 5.74) is 0.734. The van der Waals surface area contributed by atoms with Crippen LogP contribution in [-0.2, 0) is 15.1 Å². The van der Waals surface area contributed by atoms with E-state index in [0.29, 0.717) is 42.9 Å². The average Bonchev–Trinajstić information content (AvgIpc) is 2.62. The van der Waals surface area contributed by atoms with E-state index in [1.807, 2.05) is 6.07 Å². The summed E-state index contributed by atoms with van der Waals surface area (Å²) < 4.78 is 25.4. The van der Waals surface area contributed by atoms with E-state index in [9.17, 15) is 9.18 Å². The Balaban J connectivity index is 1.91. The highest BCUT2D eigenvalue weighted by molar-refractivity contribution is 7.99. The molecule has 0 atom stereocenters. The van der Waals surface area contributed by atoms with Crippen molar-refractivity contribution in [1.29, 1.82) is 0 Å². The smallest absolute Gasteiger partial charge is 0.151 e. The van der Waals surface area contributed by atoms with Gasteiger partial charge in [-0.3, -0.25) is 4.79 Å². The Morgan fingerprint density at radius 2 is 1.96 bits per heavy atom. The number of methoxy groups -OCH3 is 1. The number of aldehydes is 1. The maximum absolute atomic E-state index is 14.2. The van der Waals surface area contributed by atoms with Crippen LogP contribution in [0.1, 0.15) is 28.8 Å². The first-order chi connectivity index (χ1) is 12.1. The summed E-state index contributed by atoms with van der Waals surface area (Å²) in [6.07, 6.45) is 2.10. The molecule has 3 rings (SSSR count). The number of carbonyl (C=O) groups is 1. The molecule has 0 spiro atoms. The molecule has 0 aromatic heterocycles. The largest absolute Gasteiger partial charge is 0.381 e. The first kappa shape index (κ1) is 18.4. The molecule has 0 radical (unpaired) electrons. The van der Waals surface area contributed by atoms with Crippen molar-refractivity contribution in [2.24, 2.45) is 0 Å². The average molecular weight is 381 g/mol. The van der Waals surface area contributed by atoms with E-state index in [1.54, 1.807) is 25.3 Å². The summed E-state index contributed by atoms with van der Waals surface area (Å²) >= 11 is 7.47. The quantitative estimate of drug-likeness (QED) is 0.676. The van der Waals surface area contributed by atoms with Gasteiger partial charge >= 0.3 is 0 Å². The number of carbonyl (C=O) groups excluding carboxylic acids is 1. The Kier molecular flexibility index (Phi) is 5.79. The lowest BCUT2D eigenvalue weighted by Crippen LogP contribution is -2.35. The Morgan fingerprint density at radius 1 is 1.20 bits per heavy atom. The monoisotopic (exact) mass is 380 g/mol. The van der Waals surface area contributed by atoms with Gasteiger partial charge in [-0.1, -0.05) is 23.4 Å². The zero-order chi connectivity index (χ0) is 17.9. The van der Waals surface area contributed by atoms with Crippen molar-refractivity contribution in [2.75, 3.05) is 20.3 Å². The molecule has 1 heterocycles. The highest BCUT2D eigenvalue weighted by Gasteiger charge is 2.35. The number of rotatable bonds is 5. The first-order valence-corrected chi connectivity index (χ1v) is 9.12. The van der Waals surface area contributed by atoms with E-state index in [1.165, 1.54) is 23.9 Å². The van der Waals surface area contributed by atoms with Crippen molar-refractivity contribution < 1.29 is 18.7 Å². The summed E-state index contributed by atoms with van der Waals surface area (Å²) in [6.45, 7) is 1.19. The van der Waals surface area contributed by atoms with Crippen molar-refractivity contribution in [1.82, 2.24) is 0 Å². The summed E-state index contributed by atoms with van der Waals surface area (Å²) in [7, 11) is 1.65. The van der Waals surface area contributed by atoms with Crippen LogP contribution >= 0.6 is 23.4 Å². The third-order valence-corrected chi connectivity index (χ3v) is 5.71. The molecule has 2 aromatic rings. The van der Waals surface area contributed by atoms with Crippen molar-refractivity contribution >= 4 is 29.6 Å². The molecule has 0 aliphatic carbocycles. The third-order valence-electron chi connectivity index (χ3n) is 4.42. The predicted octanol–water partition coefficient (Wildman–Crippen LogP) is 5.09. The molecular weight excluding hydrogens is 363 g/mol. The van der Waals surface area contributed by atoms with Crippen LogP contribution in [0.2, 0.25) is 5.02 Å². The standard InChI is InChI=1S/C19H18ClFO3S/c1-23-19(4-6-24-7-5-19)14-8-15(21)10-17(9-14)25-16-3-2-13(12-22)18(20)11-16/h2-3,8-12H,4-7H2,1H3. The van der Waals surface area contributed by atoms with Crippen molar-refractivity contribution in [3.05, 3.63) is 58.4 Å². The summed E-state index contributed by atoms with van der Waals surface area (Å²) in [4.78, 5) is 12.5. The topological polar surface area (TPSA) is 35.5 Å². The maximum atomic E-state index is 14.2. The van der Waals surface area contributed by atoms with E-state index in [2.05, 4.69) is 0 Å². The lowest BCUT2D eigenvalue weighted by Gasteiger charge is -2.36.